The van der Waals surface area contributed by atoms with Gasteiger partial charge in [0.05, 0.1) is 23.9 Å². The van der Waals surface area contributed by atoms with E-state index < -0.39 is 24.3 Å². The molecule has 7 nitrogen and oxygen atoms in total. The Bertz CT molecular complexity index is 908. The van der Waals surface area contributed by atoms with Crippen molar-refractivity contribution in [2.24, 2.45) is 17.8 Å². The maximum Gasteiger partial charge on any atom is 0.407 e. The summed E-state index contributed by atoms with van der Waals surface area (Å²) < 4.78 is 14.5. The molecule has 0 radical (unpaired) electrons. The van der Waals surface area contributed by atoms with E-state index in [1.165, 1.54) is 11.0 Å². The molecular formula is C26H36FN3O4. The Balaban J connectivity index is 1.39. The second-order valence-corrected chi connectivity index (χ2v) is 10.6. The molecular weight excluding hydrogens is 437 g/mol. The monoisotopic (exact) mass is 473 g/mol. The third-order valence-electron chi connectivity index (χ3n) is 8.80. The van der Waals surface area contributed by atoms with Gasteiger partial charge >= 0.3 is 6.09 Å². The summed E-state index contributed by atoms with van der Waals surface area (Å²) in [4.78, 5) is 28.9. The highest BCUT2D eigenvalue weighted by atomic mass is 19.1. The number of amides is 2. The lowest BCUT2D eigenvalue weighted by Gasteiger charge is -2.51. The van der Waals surface area contributed by atoms with Crippen molar-refractivity contribution in [2.45, 2.75) is 82.0 Å². The first kappa shape index (κ1) is 23.4. The van der Waals surface area contributed by atoms with Crippen molar-refractivity contribution in [3.63, 3.8) is 0 Å². The SMILES string of the molecule is O=C(NC1C(O)C(C2CCCN(c3ccccc3F)C2)C2CCC1N2C(=O)O)C1CCCCC1. The van der Waals surface area contributed by atoms with E-state index in [1.54, 1.807) is 12.1 Å². The van der Waals surface area contributed by atoms with Gasteiger partial charge in [-0.3, -0.25) is 9.69 Å². The van der Waals surface area contributed by atoms with Gasteiger partial charge in [-0.15, -0.1) is 0 Å². The molecule has 3 heterocycles. The summed E-state index contributed by atoms with van der Waals surface area (Å²) in [5.74, 6) is -0.639. The van der Waals surface area contributed by atoms with E-state index in [0.29, 0.717) is 25.1 Å². The minimum absolute atomic E-state index is 0.0170. The molecule has 1 aromatic rings. The van der Waals surface area contributed by atoms with Crippen LogP contribution in [0.25, 0.3) is 0 Å². The highest BCUT2D eigenvalue weighted by molar-refractivity contribution is 5.79. The van der Waals surface area contributed by atoms with Crippen LogP contribution in [0, 0.1) is 23.6 Å². The number of carbonyl (C=O) groups is 2. The molecule has 1 aromatic carbocycles. The molecule has 3 N–H and O–H groups in total. The lowest BCUT2D eigenvalue weighted by Crippen LogP contribution is -2.68. The van der Waals surface area contributed by atoms with E-state index in [-0.39, 0.29) is 35.5 Å². The van der Waals surface area contributed by atoms with E-state index in [9.17, 15) is 24.2 Å². The zero-order chi connectivity index (χ0) is 23.8. The number of anilines is 1. The molecule has 3 aliphatic heterocycles. The Kier molecular flexibility index (Phi) is 6.69. The molecule has 1 aliphatic carbocycles. The molecule has 186 valence electrons. The van der Waals surface area contributed by atoms with Crippen molar-refractivity contribution in [3.05, 3.63) is 30.1 Å². The zero-order valence-corrected chi connectivity index (χ0v) is 19.6. The average Bonchev–Trinajstić information content (AvgIpc) is 3.22. The Hall–Kier alpha value is -2.35. The van der Waals surface area contributed by atoms with Crippen LogP contribution in [0.5, 0.6) is 0 Å². The third kappa shape index (κ3) is 4.25. The minimum atomic E-state index is -0.983. The molecule has 0 aromatic heterocycles. The number of nitrogens with zero attached hydrogens (tertiary/aromatic N) is 2. The molecule has 2 amide bonds. The lowest BCUT2D eigenvalue weighted by atomic mass is 9.73. The van der Waals surface area contributed by atoms with Crippen LogP contribution in [0.15, 0.2) is 24.3 Å². The van der Waals surface area contributed by atoms with Crippen molar-refractivity contribution >= 4 is 17.7 Å². The standard InChI is InChI=1S/C26H36FN3O4/c27-18-10-4-5-11-19(18)29-14-6-9-17(15-29)22-20-12-13-21(30(20)26(33)34)23(24(22)31)28-25(32)16-7-2-1-3-8-16/h4-5,10-11,16-17,20-24,31H,1-3,6-9,12-15H2,(H,28,32)(H,33,34). The van der Waals surface area contributed by atoms with Crippen LogP contribution in [0.3, 0.4) is 0 Å². The van der Waals surface area contributed by atoms with Gasteiger partial charge in [-0.05, 0) is 56.6 Å². The Labute approximate surface area is 200 Å². The summed E-state index contributed by atoms with van der Waals surface area (Å²) >= 11 is 0. The topological polar surface area (TPSA) is 93.1 Å². The number of halogens is 1. The summed E-state index contributed by atoms with van der Waals surface area (Å²) in [5.41, 5.74) is 0.555. The number of hydrogen-bond acceptors (Lipinski definition) is 4. The fourth-order valence-electron chi connectivity index (χ4n) is 7.25. The van der Waals surface area contributed by atoms with Gasteiger partial charge in [-0.1, -0.05) is 31.4 Å². The summed E-state index contributed by atoms with van der Waals surface area (Å²) in [6.07, 6.45) is 6.17. The normalized spacial score (nSPS) is 34.2. The third-order valence-corrected chi connectivity index (χ3v) is 8.80. The number of rotatable bonds is 4. The van der Waals surface area contributed by atoms with Crippen molar-refractivity contribution < 1.29 is 24.2 Å². The largest absolute Gasteiger partial charge is 0.465 e. The molecule has 6 unspecified atom stereocenters. The molecule has 3 saturated heterocycles. The second-order valence-electron chi connectivity index (χ2n) is 10.6. The Morgan fingerprint density at radius 1 is 0.971 bits per heavy atom. The number of aliphatic hydroxyl groups excluding tert-OH is 1. The van der Waals surface area contributed by atoms with Gasteiger partial charge in [0.25, 0.3) is 0 Å². The van der Waals surface area contributed by atoms with Gasteiger partial charge < -0.3 is 20.4 Å². The summed E-state index contributed by atoms with van der Waals surface area (Å²) in [6, 6.07) is 5.46. The number of nitrogens with one attached hydrogen (secondary N) is 1. The minimum Gasteiger partial charge on any atom is -0.465 e. The van der Waals surface area contributed by atoms with Gasteiger partial charge in [0.2, 0.25) is 5.91 Å². The molecule has 1 saturated carbocycles. The number of carboxylic acid groups (broad SMARTS) is 1. The van der Waals surface area contributed by atoms with Gasteiger partial charge in [-0.25, -0.2) is 9.18 Å². The van der Waals surface area contributed by atoms with Crippen LogP contribution in [0.2, 0.25) is 0 Å². The van der Waals surface area contributed by atoms with Crippen molar-refractivity contribution in [3.8, 4) is 0 Å². The molecule has 0 spiro atoms. The molecule has 4 aliphatic rings. The zero-order valence-electron chi connectivity index (χ0n) is 19.6. The van der Waals surface area contributed by atoms with E-state index in [1.807, 2.05) is 11.0 Å². The van der Waals surface area contributed by atoms with Crippen molar-refractivity contribution in [1.29, 1.82) is 0 Å². The van der Waals surface area contributed by atoms with E-state index in [0.717, 1.165) is 51.5 Å². The van der Waals surface area contributed by atoms with Crippen molar-refractivity contribution in [2.75, 3.05) is 18.0 Å². The Morgan fingerprint density at radius 3 is 2.44 bits per heavy atom. The maximum atomic E-state index is 14.5. The van der Waals surface area contributed by atoms with Crippen molar-refractivity contribution in [1.82, 2.24) is 10.2 Å². The second kappa shape index (κ2) is 9.72. The lowest BCUT2D eigenvalue weighted by molar-refractivity contribution is -0.131. The van der Waals surface area contributed by atoms with Gasteiger partial charge in [0, 0.05) is 31.0 Å². The smallest absolute Gasteiger partial charge is 0.407 e. The van der Waals surface area contributed by atoms with Crippen LogP contribution in [-0.2, 0) is 4.79 Å². The van der Waals surface area contributed by atoms with E-state index >= 15 is 0 Å². The first-order chi connectivity index (χ1) is 16.5. The number of aliphatic hydroxyl groups is 1. The number of hydrogen-bond donors (Lipinski definition) is 3. The average molecular weight is 474 g/mol. The van der Waals surface area contributed by atoms with E-state index in [2.05, 4.69) is 5.32 Å². The number of carbonyl (C=O) groups excluding carboxylic acids is 1. The number of piperidine rings is 2. The number of fused-ring (bicyclic) bond motifs is 2. The number of benzene rings is 1. The van der Waals surface area contributed by atoms with Crippen LogP contribution < -0.4 is 10.2 Å². The highest BCUT2D eigenvalue weighted by Gasteiger charge is 2.57. The maximum absolute atomic E-state index is 14.5. The molecule has 6 atom stereocenters. The summed E-state index contributed by atoms with van der Waals surface area (Å²) in [5, 5.41) is 24.8. The van der Waals surface area contributed by atoms with Gasteiger partial charge in [0.1, 0.15) is 5.82 Å². The summed E-state index contributed by atoms with van der Waals surface area (Å²) in [6.45, 7) is 1.30. The highest BCUT2D eigenvalue weighted by Crippen LogP contribution is 2.45. The van der Waals surface area contributed by atoms with Crippen LogP contribution in [-0.4, -0.2) is 64.4 Å². The predicted molar refractivity (Wildman–Crippen MR) is 126 cm³/mol. The predicted octanol–water partition coefficient (Wildman–Crippen LogP) is 3.61. The summed E-state index contributed by atoms with van der Waals surface area (Å²) in [7, 11) is 0. The fourth-order valence-corrected chi connectivity index (χ4v) is 7.25. The molecule has 34 heavy (non-hydrogen) atoms. The molecule has 8 heteroatoms. The quantitative estimate of drug-likeness (QED) is 0.621. The Morgan fingerprint density at radius 2 is 1.71 bits per heavy atom. The van der Waals surface area contributed by atoms with Crippen LogP contribution in [0.1, 0.15) is 57.8 Å². The van der Waals surface area contributed by atoms with Crippen LogP contribution in [0.4, 0.5) is 14.9 Å². The van der Waals surface area contributed by atoms with Gasteiger partial charge in [-0.2, -0.15) is 0 Å². The molecule has 5 rings (SSSR count). The van der Waals surface area contributed by atoms with Crippen LogP contribution >= 0.6 is 0 Å². The van der Waals surface area contributed by atoms with Gasteiger partial charge in [0.15, 0.2) is 0 Å². The number of para-hydroxylation sites is 1. The first-order valence-electron chi connectivity index (χ1n) is 12.9. The molecule has 2 bridgehead atoms. The fraction of sp³-hybridized carbons (Fsp3) is 0.692. The first-order valence-corrected chi connectivity index (χ1v) is 12.9. The molecule has 4 fully saturated rings. The van der Waals surface area contributed by atoms with E-state index in [4.69, 9.17) is 0 Å².